The van der Waals surface area contributed by atoms with Gasteiger partial charge in [-0.05, 0) is 47.7 Å². The van der Waals surface area contributed by atoms with E-state index in [4.69, 9.17) is 0 Å². The second-order valence-corrected chi connectivity index (χ2v) is 9.32. The molecular weight excluding hydrogens is 481 g/mol. The predicted octanol–water partition coefficient (Wildman–Crippen LogP) is 4.72. The number of amides is 3. The maximum Gasteiger partial charge on any atom is 0.259 e. The van der Waals surface area contributed by atoms with E-state index < -0.39 is 6.04 Å². The molecule has 7 heteroatoms. The van der Waals surface area contributed by atoms with Gasteiger partial charge in [-0.1, -0.05) is 66.7 Å². The molecule has 38 heavy (non-hydrogen) atoms. The molecule has 0 radical (unpaired) electrons. The van der Waals surface area contributed by atoms with Gasteiger partial charge < -0.3 is 10.2 Å². The Bertz CT molecular complexity index is 1480. The van der Waals surface area contributed by atoms with Crippen molar-refractivity contribution in [3.8, 4) is 0 Å². The van der Waals surface area contributed by atoms with E-state index >= 15 is 0 Å². The van der Waals surface area contributed by atoms with Crippen LogP contribution >= 0.6 is 0 Å². The Morgan fingerprint density at radius 3 is 2.32 bits per heavy atom. The number of hydrogen-bond acceptors (Lipinski definition) is 3. The first-order chi connectivity index (χ1) is 18.5. The quantitative estimate of drug-likeness (QED) is 0.355. The lowest BCUT2D eigenvalue weighted by Gasteiger charge is -2.33. The van der Waals surface area contributed by atoms with Crippen LogP contribution in [0.3, 0.4) is 0 Å². The zero-order valence-electron chi connectivity index (χ0n) is 21.1. The molecule has 1 atom stereocenters. The smallest absolute Gasteiger partial charge is 0.259 e. The average Bonchev–Trinajstić information content (AvgIpc) is 3.20. The molecule has 0 saturated carbocycles. The summed E-state index contributed by atoms with van der Waals surface area (Å²) >= 11 is 0. The fraction of sp³-hybridized carbons (Fsp3) is 0.194. The number of rotatable bonds is 9. The molecule has 4 aromatic carbocycles. The molecule has 0 unspecified atom stereocenters. The van der Waals surface area contributed by atoms with Crippen molar-refractivity contribution in [1.29, 1.82) is 0 Å². The number of likely N-dealkylation sites (N-methyl/N-ethyl adjacent to an activating group) is 1. The molecule has 4 aromatic rings. The van der Waals surface area contributed by atoms with E-state index in [0.29, 0.717) is 29.8 Å². The van der Waals surface area contributed by atoms with Crippen LogP contribution < -0.4 is 10.2 Å². The first kappa shape index (κ1) is 25.1. The fourth-order valence-electron chi connectivity index (χ4n) is 4.99. The van der Waals surface area contributed by atoms with E-state index in [1.54, 1.807) is 18.2 Å². The molecule has 0 bridgehead atoms. The normalized spacial score (nSPS) is 13.0. The predicted molar refractivity (Wildman–Crippen MR) is 145 cm³/mol. The SMILES string of the molecule is CCNC(=O)[C@H](Cc1ccccc1)N(Cc1ccc(F)cc1)C(=O)CN1C(=O)c2cccc3cccc1c23. The fourth-order valence-corrected chi connectivity index (χ4v) is 4.99. The highest BCUT2D eigenvalue weighted by molar-refractivity contribution is 6.26. The van der Waals surface area contributed by atoms with Crippen molar-refractivity contribution in [3.05, 3.63) is 114 Å². The van der Waals surface area contributed by atoms with Crippen molar-refractivity contribution in [2.45, 2.75) is 25.9 Å². The average molecular weight is 510 g/mol. The minimum atomic E-state index is -0.828. The molecule has 1 aliphatic heterocycles. The van der Waals surface area contributed by atoms with Gasteiger partial charge in [0.25, 0.3) is 5.91 Å². The van der Waals surface area contributed by atoms with Crippen molar-refractivity contribution in [2.24, 2.45) is 0 Å². The van der Waals surface area contributed by atoms with Gasteiger partial charge in [-0.2, -0.15) is 0 Å². The highest BCUT2D eigenvalue weighted by Crippen LogP contribution is 2.37. The van der Waals surface area contributed by atoms with Crippen LogP contribution in [0.1, 0.15) is 28.4 Å². The van der Waals surface area contributed by atoms with Gasteiger partial charge in [-0.3, -0.25) is 19.3 Å². The van der Waals surface area contributed by atoms with Gasteiger partial charge >= 0.3 is 0 Å². The van der Waals surface area contributed by atoms with Crippen molar-refractivity contribution in [3.63, 3.8) is 0 Å². The first-order valence-corrected chi connectivity index (χ1v) is 12.7. The Labute approximate surface area is 220 Å². The summed E-state index contributed by atoms with van der Waals surface area (Å²) in [6, 6.07) is 25.7. The topological polar surface area (TPSA) is 69.7 Å². The Kier molecular flexibility index (Phi) is 7.18. The highest BCUT2D eigenvalue weighted by Gasteiger charge is 2.35. The molecule has 0 aromatic heterocycles. The molecule has 3 amide bonds. The van der Waals surface area contributed by atoms with Gasteiger partial charge in [-0.15, -0.1) is 0 Å². The van der Waals surface area contributed by atoms with Gasteiger partial charge in [0.05, 0.1) is 5.69 Å². The number of hydrogen-bond donors (Lipinski definition) is 1. The lowest BCUT2D eigenvalue weighted by molar-refractivity contribution is -0.140. The Hall–Kier alpha value is -4.52. The molecule has 6 nitrogen and oxygen atoms in total. The zero-order valence-corrected chi connectivity index (χ0v) is 21.1. The summed E-state index contributed by atoms with van der Waals surface area (Å²) in [4.78, 5) is 43.7. The van der Waals surface area contributed by atoms with E-state index in [1.165, 1.54) is 21.9 Å². The third kappa shape index (κ3) is 5.00. The Balaban J connectivity index is 1.50. The summed E-state index contributed by atoms with van der Waals surface area (Å²) in [6.45, 7) is 2.10. The van der Waals surface area contributed by atoms with Crippen LogP contribution in [0, 0.1) is 5.82 Å². The molecule has 0 fully saturated rings. The van der Waals surface area contributed by atoms with Gasteiger partial charge in [0, 0.05) is 30.5 Å². The number of carbonyl (C=O) groups is 3. The van der Waals surface area contributed by atoms with Crippen molar-refractivity contribution in [1.82, 2.24) is 10.2 Å². The highest BCUT2D eigenvalue weighted by atomic mass is 19.1. The minimum Gasteiger partial charge on any atom is -0.355 e. The number of anilines is 1. The van der Waals surface area contributed by atoms with Crippen molar-refractivity contribution < 1.29 is 18.8 Å². The number of benzene rings is 4. The summed E-state index contributed by atoms with van der Waals surface area (Å²) in [7, 11) is 0. The Morgan fingerprint density at radius 2 is 1.61 bits per heavy atom. The van der Waals surface area contributed by atoms with Gasteiger partial charge in [0.1, 0.15) is 18.4 Å². The number of carbonyl (C=O) groups excluding carboxylic acids is 3. The van der Waals surface area contributed by atoms with E-state index in [-0.39, 0.29) is 36.6 Å². The first-order valence-electron chi connectivity index (χ1n) is 12.7. The van der Waals surface area contributed by atoms with E-state index in [0.717, 1.165) is 16.3 Å². The van der Waals surface area contributed by atoms with Crippen molar-refractivity contribution in [2.75, 3.05) is 18.0 Å². The molecule has 1 heterocycles. The maximum atomic E-state index is 14.0. The molecule has 0 spiro atoms. The van der Waals surface area contributed by atoms with Gasteiger partial charge in [0.2, 0.25) is 11.8 Å². The number of nitrogens with zero attached hydrogens (tertiary/aromatic N) is 2. The van der Waals surface area contributed by atoms with Gasteiger partial charge in [-0.25, -0.2) is 4.39 Å². The molecule has 0 saturated heterocycles. The lowest BCUT2D eigenvalue weighted by atomic mass is 10.0. The van der Waals surface area contributed by atoms with E-state index in [9.17, 15) is 18.8 Å². The van der Waals surface area contributed by atoms with Crippen LogP contribution in [0.5, 0.6) is 0 Å². The molecule has 192 valence electrons. The minimum absolute atomic E-state index is 0.0902. The van der Waals surface area contributed by atoms with E-state index in [1.807, 2.05) is 67.6 Å². The summed E-state index contributed by atoms with van der Waals surface area (Å²) in [5, 5.41) is 4.60. The van der Waals surface area contributed by atoms with E-state index in [2.05, 4.69) is 5.32 Å². The molecule has 5 rings (SSSR count). The third-order valence-electron chi connectivity index (χ3n) is 6.83. The molecule has 0 aliphatic carbocycles. The van der Waals surface area contributed by atoms with Crippen molar-refractivity contribution >= 4 is 34.2 Å². The number of nitrogens with one attached hydrogen (secondary N) is 1. The van der Waals surface area contributed by atoms with Crippen LogP contribution in [-0.2, 0) is 22.6 Å². The van der Waals surface area contributed by atoms with Gasteiger partial charge in [0.15, 0.2) is 0 Å². The van der Waals surface area contributed by atoms with Crippen LogP contribution in [0.4, 0.5) is 10.1 Å². The zero-order chi connectivity index (χ0) is 26.6. The monoisotopic (exact) mass is 509 g/mol. The van der Waals surface area contributed by atoms with Crippen LogP contribution in [0.2, 0.25) is 0 Å². The largest absolute Gasteiger partial charge is 0.355 e. The summed E-state index contributed by atoms with van der Waals surface area (Å²) in [5.74, 6) is -1.29. The standard InChI is InChI=1S/C31H28FN3O3/c1-2-33-30(37)27(18-21-8-4-3-5-9-21)34(19-22-14-16-24(32)17-15-22)28(36)20-35-26-13-7-11-23-10-6-12-25(29(23)26)31(35)38/h3-17,27H,2,18-20H2,1H3,(H,33,37)/t27-/m0/s1. The van der Waals surface area contributed by atoms with Crippen LogP contribution in [-0.4, -0.2) is 41.8 Å². The second-order valence-electron chi connectivity index (χ2n) is 9.32. The van der Waals surface area contributed by atoms with Crippen LogP contribution in [0.25, 0.3) is 10.8 Å². The lowest BCUT2D eigenvalue weighted by Crippen LogP contribution is -2.53. The Morgan fingerprint density at radius 1 is 0.895 bits per heavy atom. The molecule has 1 N–H and O–H groups in total. The third-order valence-corrected chi connectivity index (χ3v) is 6.83. The second kappa shape index (κ2) is 10.8. The van der Waals surface area contributed by atoms with Crippen LogP contribution in [0.15, 0.2) is 91.0 Å². The summed E-state index contributed by atoms with van der Waals surface area (Å²) in [6.07, 6.45) is 0.295. The molecular formula is C31H28FN3O3. The number of halogens is 1. The maximum absolute atomic E-state index is 14.0. The summed E-state index contributed by atoms with van der Waals surface area (Å²) in [5.41, 5.74) is 2.81. The molecule has 1 aliphatic rings. The summed E-state index contributed by atoms with van der Waals surface area (Å²) < 4.78 is 13.6.